The minimum atomic E-state index is -4.81. The maximum atomic E-state index is 11.5. The van der Waals surface area contributed by atoms with Crippen molar-refractivity contribution < 1.29 is 35.1 Å². The summed E-state index contributed by atoms with van der Waals surface area (Å²) in [6, 6.07) is 0. The molecule has 8 nitrogen and oxygen atoms in total. The van der Waals surface area contributed by atoms with Crippen LogP contribution in [-0.4, -0.2) is 45.2 Å². The molecule has 1 unspecified atom stereocenters. The lowest BCUT2D eigenvalue weighted by molar-refractivity contribution is -0.145. The minimum Gasteiger partial charge on any atom is -0.464 e. The summed E-state index contributed by atoms with van der Waals surface area (Å²) in [7, 11) is -9.40. The molecule has 0 fully saturated rings. The topological polar surface area (TPSA) is 124 Å². The molecule has 1 N–H and O–H groups in total. The molecule has 0 aromatic rings. The number of hydrogen-bond donors (Lipinski definition) is 1. The lowest BCUT2D eigenvalue weighted by atomic mass is 10.4. The second-order valence-corrected chi connectivity index (χ2v) is 6.98. The van der Waals surface area contributed by atoms with Gasteiger partial charge in [0.25, 0.3) is 20.2 Å². The van der Waals surface area contributed by atoms with E-state index >= 15 is 0 Å². The Morgan fingerprint density at radius 1 is 1.22 bits per heavy atom. The van der Waals surface area contributed by atoms with Crippen molar-refractivity contribution in [1.29, 1.82) is 0 Å². The van der Waals surface area contributed by atoms with Crippen LogP contribution in [-0.2, 0) is 34.0 Å². The molecular weight excluding hydrogens is 288 g/mol. The quantitative estimate of drug-likeness (QED) is 0.375. The first-order chi connectivity index (χ1) is 8.15. The summed E-state index contributed by atoms with van der Waals surface area (Å²) >= 11 is 0. The van der Waals surface area contributed by atoms with Crippen molar-refractivity contribution in [2.24, 2.45) is 0 Å². The standard InChI is InChI=1S/C8H16O8S2/c1-3-5-8(17(10,11)12)18(13,14)16-6-7(9)15-4-2/h8H,3-6H2,1-2H3,(H,10,11,12). The van der Waals surface area contributed by atoms with Crippen molar-refractivity contribution in [3.8, 4) is 0 Å². The Hall–Kier alpha value is -0.710. The molecule has 0 bridgehead atoms. The lowest BCUT2D eigenvalue weighted by Crippen LogP contribution is -2.33. The van der Waals surface area contributed by atoms with Crippen molar-refractivity contribution in [1.82, 2.24) is 0 Å². The second kappa shape index (κ2) is 7.02. The van der Waals surface area contributed by atoms with Gasteiger partial charge in [-0.2, -0.15) is 16.8 Å². The zero-order valence-electron chi connectivity index (χ0n) is 10.0. The monoisotopic (exact) mass is 304 g/mol. The molecule has 0 aromatic carbocycles. The van der Waals surface area contributed by atoms with Crippen LogP contribution in [0.1, 0.15) is 26.7 Å². The van der Waals surface area contributed by atoms with Crippen LogP contribution >= 0.6 is 0 Å². The fourth-order valence-electron chi connectivity index (χ4n) is 1.09. The van der Waals surface area contributed by atoms with Gasteiger partial charge in [0.2, 0.25) is 4.58 Å². The van der Waals surface area contributed by atoms with Gasteiger partial charge in [-0.05, 0) is 13.3 Å². The van der Waals surface area contributed by atoms with Gasteiger partial charge in [0.1, 0.15) is 0 Å². The Kier molecular flexibility index (Phi) is 6.74. The molecule has 1 atom stereocenters. The van der Waals surface area contributed by atoms with Crippen LogP contribution in [0.15, 0.2) is 0 Å². The number of ether oxygens (including phenoxy) is 1. The Morgan fingerprint density at radius 3 is 2.17 bits per heavy atom. The average Bonchev–Trinajstić information content (AvgIpc) is 2.22. The fraction of sp³-hybridized carbons (Fsp3) is 0.875. The molecule has 0 spiro atoms. The molecule has 10 heteroatoms. The van der Waals surface area contributed by atoms with E-state index < -0.39 is 37.4 Å². The number of esters is 1. The van der Waals surface area contributed by atoms with Crippen molar-refractivity contribution in [2.75, 3.05) is 13.2 Å². The first kappa shape index (κ1) is 17.3. The predicted molar refractivity (Wildman–Crippen MR) is 61.7 cm³/mol. The summed E-state index contributed by atoms with van der Waals surface area (Å²) in [6.07, 6.45) is -0.129. The van der Waals surface area contributed by atoms with E-state index in [0.29, 0.717) is 0 Å². The Balaban J connectivity index is 4.83. The third kappa shape index (κ3) is 5.76. The van der Waals surface area contributed by atoms with Gasteiger partial charge in [0.05, 0.1) is 6.61 Å². The van der Waals surface area contributed by atoms with E-state index in [4.69, 9.17) is 4.55 Å². The average molecular weight is 304 g/mol. The molecule has 0 aliphatic heterocycles. The van der Waals surface area contributed by atoms with Crippen LogP contribution < -0.4 is 0 Å². The van der Waals surface area contributed by atoms with E-state index in [1.165, 1.54) is 6.92 Å². The molecule has 0 radical (unpaired) electrons. The Bertz CT molecular complexity index is 463. The molecule has 108 valence electrons. The SMILES string of the molecule is CCCC(S(=O)(=O)O)S(=O)(=O)OCC(=O)OCC. The van der Waals surface area contributed by atoms with Crippen LogP contribution in [0.25, 0.3) is 0 Å². The van der Waals surface area contributed by atoms with Gasteiger partial charge in [-0.25, -0.2) is 4.79 Å². The molecule has 0 saturated carbocycles. The predicted octanol–water partition coefficient (Wildman–Crippen LogP) is -0.0901. The van der Waals surface area contributed by atoms with Crippen LogP contribution in [0.4, 0.5) is 0 Å². The molecule has 0 heterocycles. The summed E-state index contributed by atoms with van der Waals surface area (Å²) in [6.45, 7) is 2.17. The van der Waals surface area contributed by atoms with Gasteiger partial charge in [-0.3, -0.25) is 8.74 Å². The first-order valence-electron chi connectivity index (χ1n) is 5.15. The van der Waals surface area contributed by atoms with E-state index in [9.17, 15) is 21.6 Å². The molecule has 0 rings (SSSR count). The lowest BCUT2D eigenvalue weighted by Gasteiger charge is -2.13. The number of rotatable bonds is 8. The zero-order valence-corrected chi connectivity index (χ0v) is 11.7. The van der Waals surface area contributed by atoms with Gasteiger partial charge in [-0.1, -0.05) is 13.3 Å². The van der Waals surface area contributed by atoms with E-state index in [1.54, 1.807) is 6.92 Å². The van der Waals surface area contributed by atoms with Gasteiger partial charge < -0.3 is 4.74 Å². The van der Waals surface area contributed by atoms with Gasteiger partial charge >= 0.3 is 5.97 Å². The molecule has 0 saturated heterocycles. The molecule has 0 amide bonds. The maximum Gasteiger partial charge on any atom is 0.333 e. The third-order valence-corrected chi connectivity index (χ3v) is 5.49. The molecule has 0 aliphatic rings. The molecule has 0 aromatic heterocycles. The van der Waals surface area contributed by atoms with Gasteiger partial charge in [-0.15, -0.1) is 0 Å². The van der Waals surface area contributed by atoms with Gasteiger partial charge in [0, 0.05) is 0 Å². The second-order valence-electron chi connectivity index (χ2n) is 3.29. The molecule has 0 aliphatic carbocycles. The summed E-state index contributed by atoms with van der Waals surface area (Å²) in [5, 5.41) is 0. The highest BCUT2D eigenvalue weighted by atomic mass is 32.3. The van der Waals surface area contributed by atoms with Crippen molar-refractivity contribution in [3.05, 3.63) is 0 Å². The molecular formula is C8H16O8S2. The van der Waals surface area contributed by atoms with Crippen LogP contribution in [0.5, 0.6) is 0 Å². The van der Waals surface area contributed by atoms with Gasteiger partial charge in [0.15, 0.2) is 6.61 Å². The fourth-order valence-corrected chi connectivity index (χ4v) is 3.92. The summed E-state index contributed by atoms with van der Waals surface area (Å²) < 4.78 is 60.2. The summed E-state index contributed by atoms with van der Waals surface area (Å²) in [4.78, 5) is 10.9. The van der Waals surface area contributed by atoms with E-state index in [-0.39, 0.29) is 19.4 Å². The first-order valence-corrected chi connectivity index (χ1v) is 8.12. The van der Waals surface area contributed by atoms with Crippen molar-refractivity contribution in [3.63, 3.8) is 0 Å². The van der Waals surface area contributed by atoms with Crippen LogP contribution in [0, 0.1) is 0 Å². The number of carbonyl (C=O) groups is 1. The number of hydrogen-bond acceptors (Lipinski definition) is 7. The van der Waals surface area contributed by atoms with E-state index in [1.807, 2.05) is 0 Å². The highest BCUT2D eigenvalue weighted by molar-refractivity contribution is 8.04. The van der Waals surface area contributed by atoms with Crippen molar-refractivity contribution >= 4 is 26.2 Å². The van der Waals surface area contributed by atoms with Crippen LogP contribution in [0.2, 0.25) is 0 Å². The highest BCUT2D eigenvalue weighted by Gasteiger charge is 2.37. The Morgan fingerprint density at radius 2 is 1.78 bits per heavy atom. The minimum absolute atomic E-state index is 0.0406. The maximum absolute atomic E-state index is 11.5. The Labute approximate surface area is 106 Å². The largest absolute Gasteiger partial charge is 0.464 e. The molecule has 18 heavy (non-hydrogen) atoms. The summed E-state index contributed by atoms with van der Waals surface area (Å²) in [5.74, 6) is -0.938. The van der Waals surface area contributed by atoms with E-state index in [2.05, 4.69) is 8.92 Å². The number of carbonyl (C=O) groups excluding carboxylic acids is 1. The van der Waals surface area contributed by atoms with Crippen LogP contribution in [0.3, 0.4) is 0 Å². The van der Waals surface area contributed by atoms with E-state index in [0.717, 1.165) is 0 Å². The zero-order chi connectivity index (χ0) is 14.4. The smallest absolute Gasteiger partial charge is 0.333 e. The normalized spacial score (nSPS) is 14.2. The summed E-state index contributed by atoms with van der Waals surface area (Å²) in [5.41, 5.74) is 0. The third-order valence-electron chi connectivity index (χ3n) is 1.82. The van der Waals surface area contributed by atoms with Crippen molar-refractivity contribution in [2.45, 2.75) is 31.3 Å². The highest BCUT2D eigenvalue weighted by Crippen LogP contribution is 2.16.